The van der Waals surface area contributed by atoms with Gasteiger partial charge in [0.1, 0.15) is 0 Å². The van der Waals surface area contributed by atoms with Gasteiger partial charge in [-0.1, -0.05) is 0 Å². The van der Waals surface area contributed by atoms with Crippen LogP contribution in [0.4, 0.5) is 0 Å². The van der Waals surface area contributed by atoms with Gasteiger partial charge in [0.25, 0.3) is 0 Å². The Morgan fingerprint density at radius 3 is 0.238 bits per heavy atom. The van der Waals surface area contributed by atoms with Gasteiger partial charge in [-0.25, -0.2) is 0 Å². The van der Waals surface area contributed by atoms with Crippen LogP contribution in [-0.2, 0) is 34.1 Å². The van der Waals surface area contributed by atoms with Crippen molar-refractivity contribution in [2.24, 2.45) is 0 Å². The molecule has 0 aliphatic rings. The Labute approximate surface area is 306 Å². The van der Waals surface area contributed by atoms with Crippen molar-refractivity contribution in [1.82, 2.24) is 0 Å². The van der Waals surface area contributed by atoms with Crippen LogP contribution in [0.5, 0.6) is 0 Å². The minimum Gasteiger partial charge on any atom is -0.00165 e. The molecule has 0 radical (unpaired) electrons. The molecule has 0 unspecified atom stereocenters. The normalized spacial score (nSPS) is 10.7. The molecule has 42 heavy (non-hydrogen) atoms. The second kappa shape index (κ2) is 46.3. The summed E-state index contributed by atoms with van der Waals surface area (Å²) in [6, 6.07) is 0. The van der Waals surface area contributed by atoms with Crippen molar-refractivity contribution in [1.29, 1.82) is 0 Å². The Bertz CT molecular complexity index is 317. The molecule has 0 fully saturated rings. The fourth-order valence-electron chi connectivity index (χ4n) is 2.50. The largest absolute Gasteiger partial charge is 0.0899 e. The van der Waals surface area contributed by atoms with E-state index in [1.165, 1.54) is 61.6 Å². The van der Waals surface area contributed by atoms with E-state index in [4.69, 9.17) is 0 Å². The Kier molecular flexibility index (Phi) is 68.9. The van der Waals surface area contributed by atoms with Crippen molar-refractivity contribution >= 4 is 79.2 Å². The van der Waals surface area contributed by atoms with Crippen molar-refractivity contribution < 1.29 is 34.1 Å². The standard InChI is InChI=1S/5C6H16P2.2Fe/c5*1-7(2)5-6-8(3)4;;/h5*5-6H2,1-4H3;;/p+10. The number of hydrogen-bond donors (Lipinski definition) is 0. The van der Waals surface area contributed by atoms with Crippen LogP contribution in [0.25, 0.3) is 0 Å². The molecule has 0 amide bonds. The summed E-state index contributed by atoms with van der Waals surface area (Å²) >= 11 is 0. The van der Waals surface area contributed by atoms with Gasteiger partial charge in [0.15, 0.2) is 0 Å². The summed E-state index contributed by atoms with van der Waals surface area (Å²) in [5.41, 5.74) is 0. The second-order valence-electron chi connectivity index (χ2n) is 14.6. The van der Waals surface area contributed by atoms with Crippen LogP contribution < -0.4 is 0 Å². The van der Waals surface area contributed by atoms with E-state index in [1.807, 2.05) is 0 Å². The first kappa shape index (κ1) is 62.5. The predicted octanol–water partition coefficient (Wildman–Crippen LogP) is 9.67. The van der Waals surface area contributed by atoms with Gasteiger partial charge in [-0.15, -0.1) is 0 Å². The maximum Gasteiger partial charge on any atom is 0.0899 e. The third-order valence-electron chi connectivity index (χ3n) is 5.62. The first-order valence-electron chi connectivity index (χ1n) is 16.0. The fourth-order valence-corrected chi connectivity index (χ4v) is 22.5. The van der Waals surface area contributed by atoms with Crippen LogP contribution in [0.1, 0.15) is 0 Å². The molecule has 0 saturated heterocycles. The average Bonchev–Trinajstić information content (AvgIpc) is 2.79. The summed E-state index contributed by atoms with van der Waals surface area (Å²) in [4.78, 5) is 0. The van der Waals surface area contributed by atoms with Gasteiger partial charge < -0.3 is 0 Å². The molecule has 0 aromatic heterocycles. The van der Waals surface area contributed by atoms with E-state index in [0.717, 1.165) is 0 Å². The molecule has 0 rings (SSSR count). The quantitative estimate of drug-likeness (QED) is 0.114. The monoisotopic (exact) mass is 872 g/mol. The van der Waals surface area contributed by atoms with Gasteiger partial charge in [-0.05, 0) is 79.2 Å². The Morgan fingerprint density at radius 2 is 0.214 bits per heavy atom. The molecule has 0 atom stereocenters. The van der Waals surface area contributed by atoms with Crippen molar-refractivity contribution in [2.75, 3.05) is 195 Å². The summed E-state index contributed by atoms with van der Waals surface area (Å²) in [7, 11) is 0.957. The van der Waals surface area contributed by atoms with Gasteiger partial charge in [0.2, 0.25) is 0 Å². The third kappa shape index (κ3) is 96.8. The first-order chi connectivity index (χ1) is 18.1. The van der Waals surface area contributed by atoms with Gasteiger partial charge in [-0.3, -0.25) is 0 Å². The second-order valence-corrected chi connectivity index (χ2v) is 43.7. The van der Waals surface area contributed by atoms with Crippen LogP contribution >= 0.6 is 79.2 Å². The molecule has 0 heterocycles. The smallest absolute Gasteiger partial charge is 0.00165 e. The minimum atomic E-state index is 0. The number of rotatable bonds is 15. The van der Waals surface area contributed by atoms with E-state index in [0.29, 0.717) is 0 Å². The zero-order valence-corrected chi connectivity index (χ0v) is 45.0. The molecule has 0 N–H and O–H groups in total. The molecule has 0 aliphatic carbocycles. The zero-order valence-electron chi connectivity index (χ0n) is 32.8. The van der Waals surface area contributed by atoms with Crippen LogP contribution in [0.15, 0.2) is 0 Å². The van der Waals surface area contributed by atoms with Gasteiger partial charge in [-0.2, -0.15) is 0 Å². The van der Waals surface area contributed by atoms with Crippen molar-refractivity contribution in [3.63, 3.8) is 0 Å². The summed E-state index contributed by atoms with van der Waals surface area (Å²) in [6.45, 7) is 48.0. The molecule has 0 saturated carbocycles. The molecule has 266 valence electrons. The average molecular weight is 872 g/mol. The zero-order chi connectivity index (χ0) is 32.8. The maximum absolute atomic E-state index is 2.40. The first-order valence-corrected chi connectivity index (χ1v) is 43.1. The molecular formula is C30H90Fe2P10+10. The molecule has 0 aliphatic heterocycles. The summed E-state index contributed by atoms with van der Waals surface area (Å²) < 4.78 is 0. The molecule has 0 bridgehead atoms. The molecule has 0 spiro atoms. The van der Waals surface area contributed by atoms with Crippen LogP contribution in [0.3, 0.4) is 0 Å². The van der Waals surface area contributed by atoms with E-state index < -0.39 is 0 Å². The van der Waals surface area contributed by atoms with Crippen LogP contribution in [-0.4, -0.2) is 195 Å². The minimum absolute atomic E-state index is 0. The van der Waals surface area contributed by atoms with Gasteiger partial charge >= 0.3 is 0 Å². The Hall–Kier alpha value is 5.34. The predicted molar refractivity (Wildman–Crippen MR) is 250 cm³/mol. The third-order valence-corrected chi connectivity index (χ3v) is 20.6. The van der Waals surface area contributed by atoms with Gasteiger partial charge in [0.05, 0.1) is 61.6 Å². The molecule has 12 heteroatoms. The van der Waals surface area contributed by atoms with E-state index >= 15 is 0 Å². The van der Waals surface area contributed by atoms with Crippen LogP contribution in [0, 0.1) is 0 Å². The summed E-state index contributed by atoms with van der Waals surface area (Å²) in [5.74, 6) is 0. The van der Waals surface area contributed by atoms with E-state index in [1.54, 1.807) is 0 Å². The van der Waals surface area contributed by atoms with E-state index in [9.17, 15) is 0 Å². The summed E-state index contributed by atoms with van der Waals surface area (Å²) in [5, 5.41) is 0. The SMILES string of the molecule is C[PH+](C)CC[PH+](C)C.C[PH+](C)CC[PH+](C)C.C[PH+](C)CC[PH+](C)C.C[PH+](C)CC[PH+](C)C.C[PH+](C)CC[PH+](C)C.[Fe].[Fe]. The fraction of sp³-hybridized carbons (Fsp3) is 1.00. The summed E-state index contributed by atoms with van der Waals surface area (Å²) in [6.07, 6.45) is 15.3. The number of hydrogen-bond acceptors (Lipinski definition) is 0. The molecular weight excluding hydrogens is 782 g/mol. The Balaban J connectivity index is -0.0000000721. The van der Waals surface area contributed by atoms with E-state index in [2.05, 4.69) is 133 Å². The van der Waals surface area contributed by atoms with Crippen LogP contribution in [0.2, 0.25) is 0 Å². The maximum atomic E-state index is 2.40. The Morgan fingerprint density at radius 1 is 0.167 bits per heavy atom. The van der Waals surface area contributed by atoms with Crippen molar-refractivity contribution in [2.45, 2.75) is 0 Å². The van der Waals surface area contributed by atoms with Gasteiger partial charge in [0, 0.05) is 167 Å². The molecule has 0 aromatic rings. The topological polar surface area (TPSA) is 0 Å². The van der Waals surface area contributed by atoms with Crippen molar-refractivity contribution in [3.8, 4) is 0 Å². The van der Waals surface area contributed by atoms with E-state index in [-0.39, 0.29) is 113 Å². The van der Waals surface area contributed by atoms with Crippen molar-refractivity contribution in [3.05, 3.63) is 0 Å². The molecule has 0 nitrogen and oxygen atoms in total. The molecule has 0 aromatic carbocycles.